The number of nitrogens with zero attached hydrogens (tertiary/aromatic N) is 1. The lowest BCUT2D eigenvalue weighted by atomic mass is 10.0. The van der Waals surface area contributed by atoms with Crippen LogP contribution in [0.4, 0.5) is 0 Å². The number of carbonyl (C=O) groups is 1. The molecule has 0 aliphatic carbocycles. The first kappa shape index (κ1) is 16.2. The van der Waals surface area contributed by atoms with E-state index >= 15 is 0 Å². The molecular weight excluding hydrogens is 330 g/mol. The molecule has 0 spiro atoms. The maximum atomic E-state index is 12.5. The summed E-state index contributed by atoms with van der Waals surface area (Å²) in [5, 5.41) is 3.79. The van der Waals surface area contributed by atoms with Gasteiger partial charge in [0, 0.05) is 24.9 Å². The molecule has 0 atom stereocenters. The van der Waals surface area contributed by atoms with Crippen LogP contribution in [0, 0.1) is 0 Å². The minimum Gasteiger partial charge on any atom is -0.339 e. The summed E-state index contributed by atoms with van der Waals surface area (Å²) in [6.07, 6.45) is 2.33. The van der Waals surface area contributed by atoms with Crippen LogP contribution in [-0.4, -0.2) is 43.8 Å². The second-order valence-electron chi connectivity index (χ2n) is 5.91. The van der Waals surface area contributed by atoms with Gasteiger partial charge in [-0.15, -0.1) is 0 Å². The average molecular weight is 349 g/mol. The van der Waals surface area contributed by atoms with E-state index in [4.69, 9.17) is 0 Å². The minimum atomic E-state index is -3.01. The van der Waals surface area contributed by atoms with Crippen LogP contribution in [0.1, 0.15) is 23.2 Å². The smallest absolute Gasteiger partial charge is 0.253 e. The van der Waals surface area contributed by atoms with Gasteiger partial charge in [-0.2, -0.15) is 11.3 Å². The molecule has 1 aliphatic heterocycles. The molecule has 23 heavy (non-hydrogen) atoms. The predicted octanol–water partition coefficient (Wildman–Crippen LogP) is 3.06. The molecule has 4 nitrogen and oxygen atoms in total. The summed E-state index contributed by atoms with van der Waals surface area (Å²) in [6, 6.07) is 9.66. The van der Waals surface area contributed by atoms with Crippen molar-refractivity contribution in [2.75, 3.05) is 19.3 Å². The van der Waals surface area contributed by atoms with Gasteiger partial charge in [-0.05, 0) is 52.9 Å². The van der Waals surface area contributed by atoms with Crippen LogP contribution in [0.15, 0.2) is 41.1 Å². The zero-order chi connectivity index (χ0) is 16.4. The number of sulfone groups is 1. The standard InChI is InChI=1S/C17H19NO3S2/c1-23(20,21)16-6-9-18(10-7-16)17(19)14-4-2-13(3-5-14)15-8-11-22-12-15/h2-5,8,11-12,16H,6-7,9-10H2,1H3. The first-order valence-corrected chi connectivity index (χ1v) is 10.5. The molecule has 2 heterocycles. The van der Waals surface area contributed by atoms with Crippen LogP contribution in [-0.2, 0) is 9.84 Å². The van der Waals surface area contributed by atoms with Crippen molar-refractivity contribution in [3.63, 3.8) is 0 Å². The number of amides is 1. The Labute approximate surface area is 140 Å². The van der Waals surface area contributed by atoms with Gasteiger partial charge in [0.2, 0.25) is 0 Å². The fraction of sp³-hybridized carbons (Fsp3) is 0.353. The Hall–Kier alpha value is -1.66. The highest BCUT2D eigenvalue weighted by molar-refractivity contribution is 7.91. The first-order valence-electron chi connectivity index (χ1n) is 7.56. The molecule has 0 radical (unpaired) electrons. The topological polar surface area (TPSA) is 54.5 Å². The summed E-state index contributed by atoms with van der Waals surface area (Å²) in [5.74, 6) is -0.0196. The number of hydrogen-bond acceptors (Lipinski definition) is 4. The van der Waals surface area contributed by atoms with Crippen molar-refractivity contribution in [3.05, 3.63) is 46.7 Å². The third-order valence-corrected chi connectivity index (χ3v) is 6.69. The highest BCUT2D eigenvalue weighted by Crippen LogP contribution is 2.24. The van der Waals surface area contributed by atoms with Crippen molar-refractivity contribution in [2.45, 2.75) is 18.1 Å². The van der Waals surface area contributed by atoms with E-state index < -0.39 is 9.84 Å². The monoisotopic (exact) mass is 349 g/mol. The van der Waals surface area contributed by atoms with Crippen molar-refractivity contribution >= 4 is 27.1 Å². The van der Waals surface area contributed by atoms with Gasteiger partial charge in [-0.25, -0.2) is 8.42 Å². The van der Waals surface area contributed by atoms with Crippen molar-refractivity contribution in [2.24, 2.45) is 0 Å². The normalized spacial score (nSPS) is 16.5. The van der Waals surface area contributed by atoms with Gasteiger partial charge in [-0.1, -0.05) is 12.1 Å². The Balaban J connectivity index is 1.67. The highest BCUT2D eigenvalue weighted by Gasteiger charge is 2.29. The van der Waals surface area contributed by atoms with Crippen molar-refractivity contribution in [3.8, 4) is 11.1 Å². The molecule has 1 aromatic carbocycles. The zero-order valence-electron chi connectivity index (χ0n) is 12.9. The predicted molar refractivity (Wildman–Crippen MR) is 93.5 cm³/mol. The van der Waals surface area contributed by atoms with Crippen LogP contribution in [0.5, 0.6) is 0 Å². The second-order valence-corrected chi connectivity index (χ2v) is 9.02. The van der Waals surface area contributed by atoms with E-state index in [1.54, 1.807) is 16.2 Å². The van der Waals surface area contributed by atoms with Crippen molar-refractivity contribution < 1.29 is 13.2 Å². The fourth-order valence-corrected chi connectivity index (χ4v) is 4.64. The summed E-state index contributed by atoms with van der Waals surface area (Å²) < 4.78 is 23.2. The van der Waals surface area contributed by atoms with Gasteiger partial charge >= 0.3 is 0 Å². The first-order chi connectivity index (χ1) is 10.9. The average Bonchev–Trinajstić information content (AvgIpc) is 3.08. The Kier molecular flexibility index (Phi) is 4.55. The molecule has 3 rings (SSSR count). The molecular formula is C17H19NO3S2. The van der Waals surface area contributed by atoms with Gasteiger partial charge in [0.15, 0.2) is 0 Å². The van der Waals surface area contributed by atoms with E-state index in [9.17, 15) is 13.2 Å². The molecule has 1 aliphatic rings. The molecule has 122 valence electrons. The molecule has 6 heteroatoms. The number of likely N-dealkylation sites (tertiary alicyclic amines) is 1. The maximum Gasteiger partial charge on any atom is 0.253 e. The minimum absolute atomic E-state index is 0.0196. The fourth-order valence-electron chi connectivity index (χ4n) is 2.90. The quantitative estimate of drug-likeness (QED) is 0.856. The summed E-state index contributed by atoms with van der Waals surface area (Å²) in [4.78, 5) is 14.3. The van der Waals surface area contributed by atoms with Gasteiger partial charge in [-0.3, -0.25) is 4.79 Å². The Morgan fingerprint density at radius 1 is 1.09 bits per heavy atom. The summed E-state index contributed by atoms with van der Waals surface area (Å²) in [5.41, 5.74) is 2.91. The van der Waals surface area contributed by atoms with E-state index in [-0.39, 0.29) is 11.2 Å². The molecule has 0 saturated carbocycles. The highest BCUT2D eigenvalue weighted by atomic mass is 32.2. The molecule has 0 unspecified atom stereocenters. The van der Waals surface area contributed by atoms with Crippen molar-refractivity contribution in [1.29, 1.82) is 0 Å². The lowest BCUT2D eigenvalue weighted by Crippen LogP contribution is -2.42. The molecule has 1 fully saturated rings. The maximum absolute atomic E-state index is 12.5. The van der Waals surface area contributed by atoms with Crippen LogP contribution in [0.3, 0.4) is 0 Å². The SMILES string of the molecule is CS(=O)(=O)C1CCN(C(=O)c2ccc(-c3ccsc3)cc2)CC1. The number of rotatable bonds is 3. The molecule has 0 N–H and O–H groups in total. The number of benzene rings is 1. The van der Waals surface area contributed by atoms with E-state index in [0.717, 1.165) is 11.1 Å². The van der Waals surface area contributed by atoms with E-state index in [1.165, 1.54) is 6.26 Å². The molecule has 1 amide bonds. The lowest BCUT2D eigenvalue weighted by Gasteiger charge is -2.31. The third-order valence-electron chi connectivity index (χ3n) is 4.32. The number of hydrogen-bond donors (Lipinski definition) is 0. The Morgan fingerprint density at radius 2 is 1.74 bits per heavy atom. The molecule has 2 aromatic rings. The van der Waals surface area contributed by atoms with Gasteiger partial charge in [0.25, 0.3) is 5.91 Å². The Morgan fingerprint density at radius 3 is 2.26 bits per heavy atom. The summed E-state index contributed by atoms with van der Waals surface area (Å²) in [7, 11) is -3.01. The number of piperidine rings is 1. The number of thiophene rings is 1. The second kappa shape index (κ2) is 6.45. The van der Waals surface area contributed by atoms with Crippen LogP contribution in [0.25, 0.3) is 11.1 Å². The third kappa shape index (κ3) is 3.64. The van der Waals surface area contributed by atoms with E-state index in [2.05, 4.69) is 11.4 Å². The lowest BCUT2D eigenvalue weighted by molar-refractivity contribution is 0.0726. The number of carbonyl (C=O) groups excluding carboxylic acids is 1. The van der Waals surface area contributed by atoms with Crippen molar-refractivity contribution in [1.82, 2.24) is 4.90 Å². The molecule has 1 saturated heterocycles. The molecule has 1 aromatic heterocycles. The largest absolute Gasteiger partial charge is 0.339 e. The summed E-state index contributed by atoms with van der Waals surface area (Å²) in [6.45, 7) is 1.01. The zero-order valence-corrected chi connectivity index (χ0v) is 14.6. The van der Waals surface area contributed by atoms with Gasteiger partial charge < -0.3 is 4.90 Å². The van der Waals surface area contributed by atoms with Crippen LogP contribution >= 0.6 is 11.3 Å². The van der Waals surface area contributed by atoms with Gasteiger partial charge in [0.1, 0.15) is 9.84 Å². The van der Waals surface area contributed by atoms with E-state index in [1.807, 2.05) is 29.6 Å². The van der Waals surface area contributed by atoms with E-state index in [0.29, 0.717) is 31.5 Å². The Bertz CT molecular complexity index is 772. The van der Waals surface area contributed by atoms with Gasteiger partial charge in [0.05, 0.1) is 5.25 Å². The summed E-state index contributed by atoms with van der Waals surface area (Å²) >= 11 is 1.65. The van der Waals surface area contributed by atoms with Crippen LogP contribution < -0.4 is 0 Å². The van der Waals surface area contributed by atoms with Crippen LogP contribution in [0.2, 0.25) is 0 Å². The molecule has 0 bridgehead atoms.